The summed E-state index contributed by atoms with van der Waals surface area (Å²) in [7, 11) is 0. The molecule has 1 amide bonds. The average molecular weight is 437 g/mol. The Morgan fingerprint density at radius 1 is 1.03 bits per heavy atom. The van der Waals surface area contributed by atoms with Crippen molar-refractivity contribution >= 4 is 35.1 Å². The van der Waals surface area contributed by atoms with Crippen LogP contribution in [0.15, 0.2) is 48.5 Å². The van der Waals surface area contributed by atoms with Gasteiger partial charge in [0.2, 0.25) is 5.91 Å². The molecular weight excluding hydrogens is 411 g/mol. The van der Waals surface area contributed by atoms with Crippen LogP contribution in [0.4, 0.5) is 0 Å². The fourth-order valence-electron chi connectivity index (χ4n) is 3.33. The fourth-order valence-corrected chi connectivity index (χ4v) is 3.66. The monoisotopic (exact) mass is 436 g/mol. The van der Waals surface area contributed by atoms with Crippen LogP contribution in [-0.2, 0) is 9.59 Å². The Labute approximate surface area is 181 Å². The quantitative estimate of drug-likeness (QED) is 0.573. The van der Waals surface area contributed by atoms with Gasteiger partial charge in [-0.25, -0.2) is 0 Å². The molecule has 0 heterocycles. The molecule has 2 N–H and O–H groups in total. The van der Waals surface area contributed by atoms with Crippen molar-refractivity contribution in [2.75, 3.05) is 6.54 Å². The van der Waals surface area contributed by atoms with E-state index in [1.807, 2.05) is 32.0 Å². The second-order valence-electron chi connectivity index (χ2n) is 7.12. The van der Waals surface area contributed by atoms with Crippen LogP contribution in [0.25, 0.3) is 0 Å². The van der Waals surface area contributed by atoms with Crippen LogP contribution in [0.1, 0.15) is 50.4 Å². The van der Waals surface area contributed by atoms with Crippen LogP contribution >= 0.6 is 23.2 Å². The molecule has 0 aliphatic carbocycles. The molecule has 0 fully saturated rings. The number of rotatable bonds is 9. The van der Waals surface area contributed by atoms with Gasteiger partial charge in [-0.05, 0) is 35.4 Å². The van der Waals surface area contributed by atoms with Gasteiger partial charge in [0.15, 0.2) is 0 Å². The molecule has 0 aliphatic heterocycles. The van der Waals surface area contributed by atoms with Gasteiger partial charge in [0.25, 0.3) is 0 Å². The minimum atomic E-state index is -1.07. The molecule has 0 radical (unpaired) electrons. The summed E-state index contributed by atoms with van der Waals surface area (Å²) >= 11 is 12.3. The number of carboxylic acids is 1. The Morgan fingerprint density at radius 2 is 1.69 bits per heavy atom. The molecular formula is C22H26Cl2N2O3. The molecule has 7 heteroatoms. The Hall–Kier alpha value is -2.08. The third-order valence-corrected chi connectivity index (χ3v) is 5.00. The second-order valence-corrected chi connectivity index (χ2v) is 7.99. The minimum Gasteiger partial charge on any atom is -0.480 e. The molecule has 0 aromatic heterocycles. The van der Waals surface area contributed by atoms with E-state index in [0.717, 1.165) is 11.1 Å². The van der Waals surface area contributed by atoms with Gasteiger partial charge in [-0.1, -0.05) is 68.2 Å². The standard InChI is InChI=1S/C22H26Cl2N2O3/c1-4-19(27)26(13-20(28)29)22(16-6-5-7-18(24)12-16)21(25-14(2)3)15-8-10-17(23)11-9-15/h5-12,14,21-22,25H,4,13H2,1-3H3,(H,28,29). The van der Waals surface area contributed by atoms with Crippen LogP contribution < -0.4 is 5.32 Å². The summed E-state index contributed by atoms with van der Waals surface area (Å²) in [5.41, 5.74) is 1.65. The summed E-state index contributed by atoms with van der Waals surface area (Å²) in [4.78, 5) is 25.8. The van der Waals surface area contributed by atoms with Gasteiger partial charge in [0.05, 0.1) is 12.1 Å². The first kappa shape index (κ1) is 23.2. The van der Waals surface area contributed by atoms with Crippen LogP contribution in [0.5, 0.6) is 0 Å². The van der Waals surface area contributed by atoms with Crippen LogP contribution in [-0.4, -0.2) is 34.5 Å². The zero-order valence-corrected chi connectivity index (χ0v) is 18.2. The highest BCUT2D eigenvalue weighted by atomic mass is 35.5. The number of carbonyl (C=O) groups excluding carboxylic acids is 1. The number of benzene rings is 2. The van der Waals surface area contributed by atoms with E-state index in [4.69, 9.17) is 23.2 Å². The summed E-state index contributed by atoms with van der Waals surface area (Å²) in [5.74, 6) is -1.32. The Morgan fingerprint density at radius 3 is 2.21 bits per heavy atom. The van der Waals surface area contributed by atoms with E-state index in [2.05, 4.69) is 5.32 Å². The summed E-state index contributed by atoms with van der Waals surface area (Å²) < 4.78 is 0. The van der Waals surface area contributed by atoms with Gasteiger partial charge in [-0.2, -0.15) is 0 Å². The third-order valence-electron chi connectivity index (χ3n) is 4.51. The van der Waals surface area contributed by atoms with E-state index >= 15 is 0 Å². The SMILES string of the molecule is CCC(=O)N(CC(=O)O)C(c1cccc(Cl)c1)C(NC(C)C)c1ccc(Cl)cc1. The zero-order chi connectivity index (χ0) is 21.6. The Bertz CT molecular complexity index is 840. The van der Waals surface area contributed by atoms with Crippen LogP contribution in [0, 0.1) is 0 Å². The van der Waals surface area contributed by atoms with Crippen molar-refractivity contribution in [3.05, 3.63) is 69.7 Å². The zero-order valence-electron chi connectivity index (χ0n) is 16.7. The molecule has 0 saturated carbocycles. The highest BCUT2D eigenvalue weighted by Crippen LogP contribution is 2.36. The first-order chi connectivity index (χ1) is 13.7. The number of nitrogens with one attached hydrogen (secondary N) is 1. The fraction of sp³-hybridized carbons (Fsp3) is 0.364. The lowest BCUT2D eigenvalue weighted by atomic mass is 9.91. The molecule has 0 saturated heterocycles. The summed E-state index contributed by atoms with van der Waals surface area (Å²) in [6.45, 7) is 5.31. The predicted octanol–water partition coefficient (Wildman–Crippen LogP) is 5.10. The van der Waals surface area contributed by atoms with E-state index in [1.54, 1.807) is 37.3 Å². The van der Waals surface area contributed by atoms with Gasteiger partial charge in [0.1, 0.15) is 6.54 Å². The number of amides is 1. The lowest BCUT2D eigenvalue weighted by Crippen LogP contribution is -2.45. The summed E-state index contributed by atoms with van der Waals surface area (Å²) in [6.07, 6.45) is 0.194. The van der Waals surface area contributed by atoms with E-state index < -0.39 is 18.6 Å². The molecule has 2 atom stereocenters. The highest BCUT2D eigenvalue weighted by molar-refractivity contribution is 6.30. The maximum Gasteiger partial charge on any atom is 0.323 e. The largest absolute Gasteiger partial charge is 0.480 e. The molecule has 2 aromatic carbocycles. The number of hydrogen-bond donors (Lipinski definition) is 2. The van der Waals surface area contributed by atoms with E-state index in [-0.39, 0.29) is 24.4 Å². The van der Waals surface area contributed by atoms with Crippen molar-refractivity contribution < 1.29 is 14.7 Å². The molecule has 29 heavy (non-hydrogen) atoms. The van der Waals surface area contributed by atoms with Gasteiger partial charge >= 0.3 is 5.97 Å². The van der Waals surface area contributed by atoms with E-state index in [9.17, 15) is 14.7 Å². The molecule has 2 unspecified atom stereocenters. The molecule has 0 spiro atoms. The molecule has 156 valence electrons. The summed E-state index contributed by atoms with van der Waals surface area (Å²) in [6, 6.07) is 13.7. The van der Waals surface area contributed by atoms with Crippen molar-refractivity contribution in [3.63, 3.8) is 0 Å². The maximum absolute atomic E-state index is 12.8. The topological polar surface area (TPSA) is 69.6 Å². The number of halogens is 2. The first-order valence-corrected chi connectivity index (χ1v) is 10.3. The lowest BCUT2D eigenvalue weighted by molar-refractivity contribution is -0.146. The smallest absolute Gasteiger partial charge is 0.323 e. The van der Waals surface area contributed by atoms with E-state index in [0.29, 0.717) is 10.0 Å². The predicted molar refractivity (Wildman–Crippen MR) is 116 cm³/mol. The van der Waals surface area contributed by atoms with Gasteiger partial charge in [-0.15, -0.1) is 0 Å². The average Bonchev–Trinajstić information content (AvgIpc) is 2.66. The number of carbonyl (C=O) groups is 2. The molecule has 0 bridgehead atoms. The van der Waals surface area contributed by atoms with Crippen LogP contribution in [0.2, 0.25) is 10.0 Å². The normalized spacial score (nSPS) is 13.2. The van der Waals surface area contributed by atoms with Gasteiger partial charge in [0, 0.05) is 22.5 Å². The van der Waals surface area contributed by atoms with Crippen LogP contribution in [0.3, 0.4) is 0 Å². The van der Waals surface area contributed by atoms with Crippen molar-refractivity contribution in [3.8, 4) is 0 Å². The Balaban J connectivity index is 2.67. The molecule has 2 rings (SSSR count). The van der Waals surface area contributed by atoms with Gasteiger partial charge < -0.3 is 15.3 Å². The van der Waals surface area contributed by atoms with E-state index in [1.165, 1.54) is 4.90 Å². The summed E-state index contributed by atoms with van der Waals surface area (Å²) in [5, 5.41) is 14.1. The third kappa shape index (κ3) is 6.46. The lowest BCUT2D eigenvalue weighted by Gasteiger charge is -2.38. The minimum absolute atomic E-state index is 0.0840. The van der Waals surface area contributed by atoms with Crippen molar-refractivity contribution in [2.24, 2.45) is 0 Å². The van der Waals surface area contributed by atoms with Crippen molar-refractivity contribution in [1.82, 2.24) is 10.2 Å². The number of carboxylic acid groups (broad SMARTS) is 1. The molecule has 5 nitrogen and oxygen atoms in total. The number of nitrogens with zero attached hydrogens (tertiary/aromatic N) is 1. The molecule has 0 aliphatic rings. The second kappa shape index (κ2) is 10.6. The molecule has 2 aromatic rings. The number of aliphatic carboxylic acids is 1. The number of hydrogen-bond acceptors (Lipinski definition) is 3. The van der Waals surface area contributed by atoms with Crippen molar-refractivity contribution in [1.29, 1.82) is 0 Å². The highest BCUT2D eigenvalue weighted by Gasteiger charge is 2.34. The van der Waals surface area contributed by atoms with Crippen molar-refractivity contribution in [2.45, 2.75) is 45.3 Å². The first-order valence-electron chi connectivity index (χ1n) is 9.51. The Kier molecular flexibility index (Phi) is 8.50. The maximum atomic E-state index is 12.8. The van der Waals surface area contributed by atoms with Gasteiger partial charge in [-0.3, -0.25) is 9.59 Å².